The third-order valence-corrected chi connectivity index (χ3v) is 5.97. The molecule has 0 aliphatic heterocycles. The van der Waals surface area contributed by atoms with Crippen LogP contribution < -0.4 is 10.5 Å². The van der Waals surface area contributed by atoms with Crippen molar-refractivity contribution >= 4 is 37.7 Å². The molecule has 4 N–H and O–H groups in total. The fourth-order valence-electron chi connectivity index (χ4n) is 3.45. The van der Waals surface area contributed by atoms with Gasteiger partial charge in [-0.15, -0.1) is 0 Å². The molecule has 1 amide bonds. The molecule has 0 bridgehead atoms. The SMILES string of the molecule is NS(=O)(=O)c1ccc(CCNC(=O)CCc2cc3c(cn2)[nH]c2ccccc23)cc1. The Kier molecular flexibility index (Phi) is 5.52. The number of nitrogens with two attached hydrogens (primary N) is 1. The molecule has 0 fully saturated rings. The number of hydrogen-bond acceptors (Lipinski definition) is 4. The average Bonchev–Trinajstić information content (AvgIpc) is 3.10. The molecule has 8 heteroatoms. The Bertz CT molecular complexity index is 1310. The van der Waals surface area contributed by atoms with Gasteiger partial charge in [0.2, 0.25) is 15.9 Å². The van der Waals surface area contributed by atoms with Crippen LogP contribution in [0.1, 0.15) is 17.7 Å². The lowest BCUT2D eigenvalue weighted by Crippen LogP contribution is -2.26. The molecule has 2 heterocycles. The number of nitrogens with zero attached hydrogens (tertiary/aromatic N) is 1. The Balaban J connectivity index is 1.30. The third-order valence-electron chi connectivity index (χ3n) is 5.04. The quantitative estimate of drug-likeness (QED) is 0.424. The zero-order chi connectivity index (χ0) is 21.1. The molecule has 0 saturated carbocycles. The summed E-state index contributed by atoms with van der Waals surface area (Å²) < 4.78 is 22.5. The van der Waals surface area contributed by atoms with Crippen molar-refractivity contribution in [1.29, 1.82) is 0 Å². The number of carbonyl (C=O) groups excluding carboxylic acids is 1. The van der Waals surface area contributed by atoms with Gasteiger partial charge in [-0.3, -0.25) is 9.78 Å². The smallest absolute Gasteiger partial charge is 0.238 e. The van der Waals surface area contributed by atoms with Gasteiger partial charge in [-0.1, -0.05) is 30.3 Å². The van der Waals surface area contributed by atoms with Crippen LogP contribution >= 0.6 is 0 Å². The lowest BCUT2D eigenvalue weighted by Gasteiger charge is -2.06. The maximum Gasteiger partial charge on any atom is 0.238 e. The zero-order valence-electron chi connectivity index (χ0n) is 16.3. The summed E-state index contributed by atoms with van der Waals surface area (Å²) in [4.78, 5) is 20.1. The monoisotopic (exact) mass is 422 g/mol. The molecule has 2 aromatic heterocycles. The van der Waals surface area contributed by atoms with Crippen LogP contribution in [0.2, 0.25) is 0 Å². The Morgan fingerprint density at radius 1 is 1.00 bits per heavy atom. The molecule has 0 aliphatic carbocycles. The average molecular weight is 423 g/mol. The highest BCUT2D eigenvalue weighted by atomic mass is 32.2. The van der Waals surface area contributed by atoms with E-state index in [2.05, 4.69) is 21.4 Å². The number of primary sulfonamides is 1. The van der Waals surface area contributed by atoms with Crippen molar-refractivity contribution < 1.29 is 13.2 Å². The van der Waals surface area contributed by atoms with E-state index < -0.39 is 10.0 Å². The van der Waals surface area contributed by atoms with Crippen molar-refractivity contribution in [2.45, 2.75) is 24.2 Å². The van der Waals surface area contributed by atoms with Crippen LogP contribution in [0, 0.1) is 0 Å². The summed E-state index contributed by atoms with van der Waals surface area (Å²) in [7, 11) is -3.69. The van der Waals surface area contributed by atoms with Crippen LogP contribution in [0.3, 0.4) is 0 Å². The molecule has 7 nitrogen and oxygen atoms in total. The second kappa shape index (κ2) is 8.25. The van der Waals surface area contributed by atoms with Gasteiger partial charge >= 0.3 is 0 Å². The van der Waals surface area contributed by atoms with Gasteiger partial charge in [0.15, 0.2) is 0 Å². The highest BCUT2D eigenvalue weighted by Gasteiger charge is 2.09. The van der Waals surface area contributed by atoms with Gasteiger partial charge in [-0.2, -0.15) is 0 Å². The molecule has 0 aliphatic rings. The number of fused-ring (bicyclic) bond motifs is 3. The predicted molar refractivity (Wildman–Crippen MR) is 116 cm³/mol. The minimum atomic E-state index is -3.69. The second-order valence-corrected chi connectivity index (χ2v) is 8.74. The fourth-order valence-corrected chi connectivity index (χ4v) is 3.97. The van der Waals surface area contributed by atoms with Crippen LogP contribution in [-0.2, 0) is 27.7 Å². The zero-order valence-corrected chi connectivity index (χ0v) is 17.1. The normalized spacial score (nSPS) is 11.8. The molecule has 0 spiro atoms. The Hall–Kier alpha value is -3.23. The van der Waals surface area contributed by atoms with E-state index in [0.717, 1.165) is 33.1 Å². The molecular weight excluding hydrogens is 400 g/mol. The van der Waals surface area contributed by atoms with Gasteiger partial charge in [0.05, 0.1) is 16.6 Å². The third kappa shape index (κ3) is 4.50. The number of aromatic amines is 1. The minimum Gasteiger partial charge on any atom is -0.356 e. The summed E-state index contributed by atoms with van der Waals surface area (Å²) in [6.07, 6.45) is 3.33. The van der Waals surface area contributed by atoms with Crippen molar-refractivity contribution in [3.63, 3.8) is 0 Å². The number of rotatable bonds is 7. The van der Waals surface area contributed by atoms with Crippen molar-refractivity contribution in [1.82, 2.24) is 15.3 Å². The van der Waals surface area contributed by atoms with Crippen LogP contribution in [0.4, 0.5) is 0 Å². The Morgan fingerprint density at radius 3 is 2.53 bits per heavy atom. The van der Waals surface area contributed by atoms with E-state index in [0.29, 0.717) is 25.8 Å². The number of hydrogen-bond donors (Lipinski definition) is 3. The largest absolute Gasteiger partial charge is 0.356 e. The van der Waals surface area contributed by atoms with E-state index in [-0.39, 0.29) is 10.8 Å². The Morgan fingerprint density at radius 2 is 1.77 bits per heavy atom. The maximum atomic E-state index is 12.2. The number of benzene rings is 2. The van der Waals surface area contributed by atoms with Crippen molar-refractivity contribution in [3.05, 3.63) is 72.1 Å². The van der Waals surface area contributed by atoms with Crippen molar-refractivity contribution in [2.75, 3.05) is 6.54 Å². The molecule has 0 unspecified atom stereocenters. The van der Waals surface area contributed by atoms with Crippen LogP contribution in [0.5, 0.6) is 0 Å². The van der Waals surface area contributed by atoms with E-state index >= 15 is 0 Å². The van der Waals surface area contributed by atoms with E-state index in [1.54, 1.807) is 12.1 Å². The molecule has 0 saturated heterocycles. The minimum absolute atomic E-state index is 0.0445. The molecule has 0 atom stereocenters. The van der Waals surface area contributed by atoms with E-state index in [9.17, 15) is 13.2 Å². The molecule has 4 rings (SSSR count). The first-order valence-corrected chi connectivity index (χ1v) is 11.2. The molecule has 2 aromatic carbocycles. The number of amides is 1. The van der Waals surface area contributed by atoms with E-state index in [4.69, 9.17) is 5.14 Å². The van der Waals surface area contributed by atoms with Gasteiger partial charge in [-0.05, 0) is 42.7 Å². The molecular formula is C22H22N4O3S. The summed E-state index contributed by atoms with van der Waals surface area (Å²) in [6, 6.07) is 16.5. The predicted octanol–water partition coefficient (Wildman–Crippen LogP) is 2.66. The lowest BCUT2D eigenvalue weighted by atomic mass is 10.1. The van der Waals surface area contributed by atoms with Crippen molar-refractivity contribution in [2.24, 2.45) is 5.14 Å². The number of para-hydroxylation sites is 1. The van der Waals surface area contributed by atoms with Gasteiger partial charge in [0.1, 0.15) is 0 Å². The number of H-pyrrole nitrogens is 1. The lowest BCUT2D eigenvalue weighted by molar-refractivity contribution is -0.121. The van der Waals surface area contributed by atoms with E-state index in [1.165, 1.54) is 12.1 Å². The van der Waals surface area contributed by atoms with Crippen LogP contribution in [0.15, 0.2) is 65.7 Å². The number of nitrogens with one attached hydrogen (secondary N) is 2. The highest BCUT2D eigenvalue weighted by molar-refractivity contribution is 7.89. The summed E-state index contributed by atoms with van der Waals surface area (Å²) in [6.45, 7) is 0.475. The van der Waals surface area contributed by atoms with Crippen LogP contribution in [-0.4, -0.2) is 30.8 Å². The standard InChI is InChI=1S/C22H22N4O3S/c23-30(28,29)17-8-5-15(6-9-17)11-12-24-22(27)10-7-16-13-19-18-3-1-2-4-20(18)26-21(19)14-25-16/h1-6,8-9,13-14,26H,7,10-12H2,(H,24,27)(H2,23,28,29). The molecule has 4 aromatic rings. The first kappa shape index (κ1) is 20.1. The van der Waals surface area contributed by atoms with Gasteiger partial charge < -0.3 is 10.3 Å². The van der Waals surface area contributed by atoms with Crippen LogP contribution in [0.25, 0.3) is 21.8 Å². The molecule has 0 radical (unpaired) electrons. The maximum absolute atomic E-state index is 12.2. The molecule has 154 valence electrons. The summed E-state index contributed by atoms with van der Waals surface area (Å²) in [5.41, 5.74) is 3.86. The summed E-state index contributed by atoms with van der Waals surface area (Å²) >= 11 is 0. The number of carbonyl (C=O) groups is 1. The number of aryl methyl sites for hydroxylation is 1. The Labute approximate surface area is 174 Å². The van der Waals surface area contributed by atoms with E-state index in [1.807, 2.05) is 30.5 Å². The first-order valence-electron chi connectivity index (χ1n) is 9.64. The summed E-state index contributed by atoms with van der Waals surface area (Å²) in [5.74, 6) is -0.0445. The first-order chi connectivity index (χ1) is 14.4. The van der Waals surface area contributed by atoms with Gasteiger partial charge in [-0.25, -0.2) is 13.6 Å². The topological polar surface area (TPSA) is 118 Å². The van der Waals surface area contributed by atoms with Gasteiger partial charge in [0, 0.05) is 34.9 Å². The highest BCUT2D eigenvalue weighted by Crippen LogP contribution is 2.25. The number of pyridine rings is 1. The number of sulfonamides is 1. The fraction of sp³-hybridized carbons (Fsp3) is 0.182. The van der Waals surface area contributed by atoms with Crippen molar-refractivity contribution in [3.8, 4) is 0 Å². The summed E-state index contributed by atoms with van der Waals surface area (Å²) in [5, 5.41) is 10.2. The second-order valence-electron chi connectivity index (χ2n) is 7.18. The number of aromatic nitrogens is 2. The molecule has 30 heavy (non-hydrogen) atoms. The van der Waals surface area contributed by atoms with Gasteiger partial charge in [0.25, 0.3) is 0 Å².